The van der Waals surface area contributed by atoms with Crippen molar-refractivity contribution in [1.29, 1.82) is 0 Å². The molecule has 0 saturated carbocycles. The third kappa shape index (κ3) is 3.88. The zero-order valence-corrected chi connectivity index (χ0v) is 13.5. The Morgan fingerprint density at radius 2 is 1.74 bits per heavy atom. The molecular formula is C19H18ClN3. The normalized spacial score (nSPS) is 11.8. The van der Waals surface area contributed by atoms with Gasteiger partial charge in [-0.05, 0) is 36.6 Å². The molecule has 1 aromatic heterocycles. The van der Waals surface area contributed by atoms with Gasteiger partial charge in [0.25, 0.3) is 0 Å². The van der Waals surface area contributed by atoms with Crippen LogP contribution in [0, 0.1) is 0 Å². The predicted octanol–water partition coefficient (Wildman–Crippen LogP) is 4.25. The van der Waals surface area contributed by atoms with E-state index in [9.17, 15) is 0 Å². The van der Waals surface area contributed by atoms with E-state index in [4.69, 9.17) is 22.3 Å². The lowest BCUT2D eigenvalue weighted by molar-refractivity contribution is 0.922. The fourth-order valence-electron chi connectivity index (χ4n) is 2.53. The van der Waals surface area contributed by atoms with Crippen LogP contribution in [0.1, 0.15) is 11.3 Å². The first-order valence-corrected chi connectivity index (χ1v) is 8.11. The molecule has 4 heteroatoms. The predicted molar refractivity (Wildman–Crippen MR) is 97.6 cm³/mol. The Kier molecular flexibility index (Phi) is 4.89. The number of benzene rings is 2. The molecule has 0 spiro atoms. The summed E-state index contributed by atoms with van der Waals surface area (Å²) in [7, 11) is 0. The van der Waals surface area contributed by atoms with Crippen LogP contribution in [0.15, 0.2) is 65.7 Å². The van der Waals surface area contributed by atoms with Gasteiger partial charge >= 0.3 is 0 Å². The highest BCUT2D eigenvalue weighted by Crippen LogP contribution is 2.21. The Labute approximate surface area is 140 Å². The van der Waals surface area contributed by atoms with Crippen molar-refractivity contribution in [2.45, 2.75) is 12.8 Å². The fraction of sp³-hybridized carbons (Fsp3) is 0.158. The first kappa shape index (κ1) is 15.5. The minimum atomic E-state index is 0.237. The number of aromatic nitrogens is 1. The smallest absolute Gasteiger partial charge is 0.115 e. The number of hydrogen-bond donors (Lipinski definition) is 1. The number of nitrogens with zero attached hydrogens (tertiary/aromatic N) is 2. The molecule has 3 rings (SSSR count). The molecule has 0 aliphatic carbocycles. The van der Waals surface area contributed by atoms with Crippen LogP contribution in [-0.4, -0.2) is 16.7 Å². The number of fused-ring (bicyclic) bond motifs is 1. The summed E-state index contributed by atoms with van der Waals surface area (Å²) in [6, 6.07) is 20.4. The van der Waals surface area contributed by atoms with Crippen molar-refractivity contribution in [3.63, 3.8) is 0 Å². The molecule has 0 unspecified atom stereocenters. The van der Waals surface area contributed by atoms with E-state index in [2.05, 4.69) is 29.3 Å². The van der Waals surface area contributed by atoms with Gasteiger partial charge in [0.2, 0.25) is 0 Å². The molecule has 0 aliphatic heterocycles. The van der Waals surface area contributed by atoms with Crippen LogP contribution in [0.4, 0.5) is 5.69 Å². The molecule has 0 radical (unpaired) electrons. The maximum absolute atomic E-state index is 5.75. The summed E-state index contributed by atoms with van der Waals surface area (Å²) in [5.41, 5.74) is 9.89. The first-order chi connectivity index (χ1) is 11.3. The van der Waals surface area contributed by atoms with Crippen LogP contribution < -0.4 is 5.73 Å². The second-order valence-corrected chi connectivity index (χ2v) is 5.63. The van der Waals surface area contributed by atoms with E-state index < -0.39 is 0 Å². The number of aryl methyl sites for hydroxylation is 2. The SMILES string of the molecule is NC(CCl)=Nc1ccccc1CCc1ccc2ccccc2n1. The van der Waals surface area contributed by atoms with Crippen LogP contribution in [-0.2, 0) is 12.8 Å². The van der Waals surface area contributed by atoms with Crippen molar-refractivity contribution in [3.8, 4) is 0 Å². The summed E-state index contributed by atoms with van der Waals surface area (Å²) in [5, 5.41) is 1.16. The third-order valence-electron chi connectivity index (χ3n) is 3.70. The van der Waals surface area contributed by atoms with Gasteiger partial charge in [-0.3, -0.25) is 4.98 Å². The molecule has 0 atom stereocenters. The van der Waals surface area contributed by atoms with Crippen LogP contribution in [0.2, 0.25) is 0 Å². The minimum absolute atomic E-state index is 0.237. The van der Waals surface area contributed by atoms with Gasteiger partial charge < -0.3 is 5.73 Å². The van der Waals surface area contributed by atoms with Gasteiger partial charge in [-0.2, -0.15) is 0 Å². The van der Waals surface area contributed by atoms with Gasteiger partial charge in [0.1, 0.15) is 5.84 Å². The Bertz CT molecular complexity index is 843. The van der Waals surface area contributed by atoms with Gasteiger partial charge in [-0.15, -0.1) is 11.6 Å². The highest BCUT2D eigenvalue weighted by molar-refractivity contribution is 6.28. The lowest BCUT2D eigenvalue weighted by Crippen LogP contribution is -2.12. The number of nitrogens with two attached hydrogens (primary N) is 1. The van der Waals surface area contributed by atoms with Crippen molar-refractivity contribution in [1.82, 2.24) is 4.98 Å². The quantitative estimate of drug-likeness (QED) is 0.433. The number of alkyl halides is 1. The maximum Gasteiger partial charge on any atom is 0.115 e. The lowest BCUT2D eigenvalue weighted by atomic mass is 10.1. The maximum atomic E-state index is 5.75. The molecule has 116 valence electrons. The number of pyridine rings is 1. The lowest BCUT2D eigenvalue weighted by Gasteiger charge is -2.07. The van der Waals surface area contributed by atoms with Gasteiger partial charge in [0.05, 0.1) is 17.1 Å². The second-order valence-electron chi connectivity index (χ2n) is 5.36. The van der Waals surface area contributed by atoms with E-state index in [1.165, 1.54) is 0 Å². The van der Waals surface area contributed by atoms with E-state index >= 15 is 0 Å². The van der Waals surface area contributed by atoms with Crippen molar-refractivity contribution < 1.29 is 0 Å². The summed E-state index contributed by atoms with van der Waals surface area (Å²) < 4.78 is 0. The highest BCUT2D eigenvalue weighted by atomic mass is 35.5. The summed E-state index contributed by atoms with van der Waals surface area (Å²) >= 11 is 5.72. The average Bonchev–Trinajstić information content (AvgIpc) is 2.60. The molecule has 3 nitrogen and oxygen atoms in total. The average molecular weight is 324 g/mol. The molecule has 1 heterocycles. The van der Waals surface area contributed by atoms with Gasteiger partial charge in [-0.1, -0.05) is 42.5 Å². The molecule has 2 aromatic carbocycles. The van der Waals surface area contributed by atoms with Crippen LogP contribution in [0.5, 0.6) is 0 Å². The summed E-state index contributed by atoms with van der Waals surface area (Å²) in [6.45, 7) is 0. The summed E-state index contributed by atoms with van der Waals surface area (Å²) in [5.74, 6) is 0.670. The number of rotatable bonds is 5. The van der Waals surface area contributed by atoms with Crippen LogP contribution >= 0.6 is 11.6 Å². The van der Waals surface area contributed by atoms with E-state index in [-0.39, 0.29) is 5.88 Å². The van der Waals surface area contributed by atoms with Gasteiger partial charge in [0.15, 0.2) is 0 Å². The molecule has 0 saturated heterocycles. The third-order valence-corrected chi connectivity index (χ3v) is 3.97. The Morgan fingerprint density at radius 1 is 0.957 bits per heavy atom. The molecule has 0 fully saturated rings. The molecular weight excluding hydrogens is 306 g/mol. The summed E-state index contributed by atoms with van der Waals surface area (Å²) in [4.78, 5) is 9.10. The standard InChI is InChI=1S/C19H18ClN3/c20-13-19(21)23-18-8-4-2-6-15(18)10-12-16-11-9-14-5-1-3-7-17(14)22-16/h1-9,11H,10,12-13H2,(H2,21,23). The zero-order chi connectivity index (χ0) is 16.1. The van der Waals surface area contributed by atoms with Crippen molar-refractivity contribution in [2.75, 3.05) is 5.88 Å². The van der Waals surface area contributed by atoms with Crippen molar-refractivity contribution in [2.24, 2.45) is 10.7 Å². The van der Waals surface area contributed by atoms with Crippen molar-refractivity contribution in [3.05, 3.63) is 71.9 Å². The number of hydrogen-bond acceptors (Lipinski definition) is 2. The van der Waals surface area contributed by atoms with Gasteiger partial charge in [0, 0.05) is 11.1 Å². The molecule has 23 heavy (non-hydrogen) atoms. The van der Waals surface area contributed by atoms with Crippen LogP contribution in [0.3, 0.4) is 0 Å². The minimum Gasteiger partial charge on any atom is -0.386 e. The van der Waals surface area contributed by atoms with E-state index in [1.807, 2.05) is 36.4 Å². The van der Waals surface area contributed by atoms with E-state index in [0.29, 0.717) is 5.84 Å². The summed E-state index contributed by atoms with van der Waals surface area (Å²) in [6.07, 6.45) is 1.72. The largest absolute Gasteiger partial charge is 0.386 e. The van der Waals surface area contributed by atoms with Gasteiger partial charge in [-0.25, -0.2) is 4.99 Å². The van der Waals surface area contributed by atoms with E-state index in [0.717, 1.165) is 40.7 Å². The Hall–Kier alpha value is -2.39. The first-order valence-electron chi connectivity index (χ1n) is 7.58. The number of amidine groups is 1. The highest BCUT2D eigenvalue weighted by Gasteiger charge is 2.04. The molecule has 3 aromatic rings. The zero-order valence-electron chi connectivity index (χ0n) is 12.7. The Balaban J connectivity index is 1.79. The molecule has 0 aliphatic rings. The number of aliphatic imine (C=N–C) groups is 1. The van der Waals surface area contributed by atoms with Crippen LogP contribution in [0.25, 0.3) is 10.9 Å². The second kappa shape index (κ2) is 7.25. The fourth-order valence-corrected chi connectivity index (χ4v) is 2.59. The van der Waals surface area contributed by atoms with Crippen molar-refractivity contribution >= 4 is 34.0 Å². The Morgan fingerprint density at radius 3 is 2.61 bits per heavy atom. The molecule has 0 bridgehead atoms. The number of para-hydroxylation sites is 2. The topological polar surface area (TPSA) is 51.3 Å². The molecule has 2 N–H and O–H groups in total. The molecule has 0 amide bonds. The monoisotopic (exact) mass is 323 g/mol. The number of halogens is 1. The van der Waals surface area contributed by atoms with E-state index in [1.54, 1.807) is 0 Å².